The summed E-state index contributed by atoms with van der Waals surface area (Å²) < 4.78 is 5.74. The number of carbonyl (C=O) groups excluding carboxylic acids is 1. The van der Waals surface area contributed by atoms with Gasteiger partial charge in [0.05, 0.1) is 12.6 Å². The number of benzene rings is 1. The summed E-state index contributed by atoms with van der Waals surface area (Å²) in [5, 5.41) is 2.83. The number of ether oxygens (including phenoxy) is 1. The molecule has 0 fully saturated rings. The summed E-state index contributed by atoms with van der Waals surface area (Å²) in [5.74, 6) is 6.17. The second-order valence-electron chi connectivity index (χ2n) is 5.87. The van der Waals surface area contributed by atoms with Crippen molar-refractivity contribution in [1.82, 2.24) is 5.32 Å². The van der Waals surface area contributed by atoms with E-state index in [-0.39, 0.29) is 12.0 Å². The minimum Gasteiger partial charge on any atom is -0.364 e. The van der Waals surface area contributed by atoms with Crippen LogP contribution >= 0.6 is 0 Å². The Bertz CT molecular complexity index is 533. The Morgan fingerprint density at radius 3 is 2.96 bits per heavy atom. The summed E-state index contributed by atoms with van der Waals surface area (Å²) in [6.07, 6.45) is 6.06. The molecule has 1 aliphatic carbocycles. The summed E-state index contributed by atoms with van der Waals surface area (Å²) in [7, 11) is 0. The number of carbonyl (C=O) groups is 1. The molecule has 0 heterocycles. The lowest BCUT2D eigenvalue weighted by Crippen LogP contribution is -2.43. The van der Waals surface area contributed by atoms with Crippen LogP contribution in [0.2, 0.25) is 0 Å². The van der Waals surface area contributed by atoms with Crippen LogP contribution in [0.25, 0.3) is 0 Å². The van der Waals surface area contributed by atoms with Crippen molar-refractivity contribution in [2.45, 2.75) is 50.7 Å². The monoisotopic (exact) mass is 314 g/mol. The van der Waals surface area contributed by atoms with Crippen LogP contribution in [0.4, 0.5) is 0 Å². The van der Waals surface area contributed by atoms with Crippen molar-refractivity contribution in [2.75, 3.05) is 13.2 Å². The van der Waals surface area contributed by atoms with Crippen molar-refractivity contribution in [3.05, 3.63) is 35.9 Å². The van der Waals surface area contributed by atoms with E-state index >= 15 is 0 Å². The van der Waals surface area contributed by atoms with Gasteiger partial charge in [0, 0.05) is 13.0 Å². The van der Waals surface area contributed by atoms with Gasteiger partial charge in [0.1, 0.15) is 6.10 Å². The fourth-order valence-electron chi connectivity index (χ4n) is 2.57. The molecule has 1 amide bonds. The molecule has 124 valence electrons. The van der Waals surface area contributed by atoms with Crippen LogP contribution < -0.4 is 11.1 Å². The standard InChI is InChI=1S/C19H26N2O2/c20-18(15-16-9-5-4-6-10-16)19(22)21-13-14-23-17-11-7-2-1-3-8-12-17/h4-6,9-10,17-18H,1-3,7,11,13-15,20H2,(H,21,22). The summed E-state index contributed by atoms with van der Waals surface area (Å²) in [6.45, 7) is 0.947. The molecule has 1 aliphatic rings. The fourth-order valence-corrected chi connectivity index (χ4v) is 2.57. The molecule has 3 N–H and O–H groups in total. The molecule has 4 nitrogen and oxygen atoms in total. The van der Waals surface area contributed by atoms with Gasteiger partial charge in [0.15, 0.2) is 0 Å². The maximum Gasteiger partial charge on any atom is 0.237 e. The van der Waals surface area contributed by atoms with Crippen molar-refractivity contribution in [1.29, 1.82) is 0 Å². The Morgan fingerprint density at radius 2 is 2.13 bits per heavy atom. The van der Waals surface area contributed by atoms with Crippen LogP contribution in [-0.2, 0) is 16.0 Å². The van der Waals surface area contributed by atoms with E-state index in [9.17, 15) is 4.79 Å². The van der Waals surface area contributed by atoms with E-state index in [1.165, 1.54) is 12.8 Å². The predicted molar refractivity (Wildman–Crippen MR) is 91.7 cm³/mol. The van der Waals surface area contributed by atoms with Gasteiger partial charge in [-0.1, -0.05) is 42.7 Å². The molecule has 0 aliphatic heterocycles. The average Bonchev–Trinajstić information content (AvgIpc) is 2.53. The Hall–Kier alpha value is -1.83. The molecular formula is C19H26N2O2. The highest BCUT2D eigenvalue weighted by atomic mass is 16.5. The number of hydrogen-bond acceptors (Lipinski definition) is 3. The quantitative estimate of drug-likeness (QED) is 0.598. The van der Waals surface area contributed by atoms with E-state index in [1.54, 1.807) is 0 Å². The van der Waals surface area contributed by atoms with E-state index < -0.39 is 6.04 Å². The molecule has 0 aromatic heterocycles. The number of hydrogen-bond donors (Lipinski definition) is 2. The molecule has 0 bridgehead atoms. The SMILES string of the molecule is NC(Cc1ccccc1)C(=O)NCCOC1C#CCCCCC1. The maximum absolute atomic E-state index is 12.0. The van der Waals surface area contributed by atoms with Crippen LogP contribution in [0.1, 0.15) is 37.7 Å². The Labute approximate surface area is 138 Å². The zero-order chi connectivity index (χ0) is 16.3. The largest absolute Gasteiger partial charge is 0.364 e. The van der Waals surface area contributed by atoms with Crippen molar-refractivity contribution >= 4 is 5.91 Å². The normalized spacial score (nSPS) is 18.9. The number of nitrogens with two attached hydrogens (primary N) is 1. The van der Waals surface area contributed by atoms with Crippen molar-refractivity contribution in [3.8, 4) is 11.8 Å². The van der Waals surface area contributed by atoms with Gasteiger partial charge in [-0.3, -0.25) is 4.79 Å². The molecule has 23 heavy (non-hydrogen) atoms. The summed E-state index contributed by atoms with van der Waals surface area (Å²) in [4.78, 5) is 12.0. The van der Waals surface area contributed by atoms with Crippen LogP contribution in [-0.4, -0.2) is 31.2 Å². The van der Waals surface area contributed by atoms with Gasteiger partial charge >= 0.3 is 0 Å². The highest BCUT2D eigenvalue weighted by Crippen LogP contribution is 2.10. The van der Waals surface area contributed by atoms with E-state index in [4.69, 9.17) is 10.5 Å². The third kappa shape index (κ3) is 6.85. The minimum absolute atomic E-state index is 0.00481. The molecular weight excluding hydrogens is 288 g/mol. The topological polar surface area (TPSA) is 64.4 Å². The van der Waals surface area contributed by atoms with Gasteiger partial charge in [-0.05, 0) is 31.2 Å². The Morgan fingerprint density at radius 1 is 1.30 bits per heavy atom. The van der Waals surface area contributed by atoms with E-state index in [1.807, 2.05) is 30.3 Å². The molecule has 0 radical (unpaired) electrons. The molecule has 0 spiro atoms. The zero-order valence-electron chi connectivity index (χ0n) is 13.6. The first-order chi connectivity index (χ1) is 11.3. The second kappa shape index (κ2) is 10.0. The first kappa shape index (κ1) is 17.5. The highest BCUT2D eigenvalue weighted by Gasteiger charge is 2.13. The molecule has 4 heteroatoms. The maximum atomic E-state index is 12.0. The molecule has 1 aromatic carbocycles. The Balaban J connectivity index is 1.64. The van der Waals surface area contributed by atoms with Gasteiger partial charge in [0.2, 0.25) is 5.91 Å². The summed E-state index contributed by atoms with van der Waals surface area (Å²) in [6, 6.07) is 9.27. The number of nitrogens with one attached hydrogen (secondary N) is 1. The third-order valence-electron chi connectivity index (χ3n) is 3.89. The molecule has 0 saturated carbocycles. The summed E-state index contributed by atoms with van der Waals surface area (Å²) in [5.41, 5.74) is 7.00. The summed E-state index contributed by atoms with van der Waals surface area (Å²) >= 11 is 0. The first-order valence-corrected chi connectivity index (χ1v) is 8.43. The molecule has 1 aromatic rings. The highest BCUT2D eigenvalue weighted by molar-refractivity contribution is 5.81. The van der Waals surface area contributed by atoms with Crippen LogP contribution in [0.15, 0.2) is 30.3 Å². The fraction of sp³-hybridized carbons (Fsp3) is 0.526. The number of amides is 1. The lowest BCUT2D eigenvalue weighted by Gasteiger charge is -2.15. The van der Waals surface area contributed by atoms with E-state index in [0.717, 1.165) is 24.8 Å². The molecule has 2 atom stereocenters. The van der Waals surface area contributed by atoms with Crippen molar-refractivity contribution < 1.29 is 9.53 Å². The van der Waals surface area contributed by atoms with E-state index in [0.29, 0.717) is 19.6 Å². The zero-order valence-corrected chi connectivity index (χ0v) is 13.6. The van der Waals surface area contributed by atoms with Crippen molar-refractivity contribution in [3.63, 3.8) is 0 Å². The number of rotatable bonds is 7. The van der Waals surface area contributed by atoms with Crippen LogP contribution in [0.5, 0.6) is 0 Å². The van der Waals surface area contributed by atoms with Gasteiger partial charge in [-0.25, -0.2) is 0 Å². The smallest absolute Gasteiger partial charge is 0.237 e. The molecule has 2 rings (SSSR count). The van der Waals surface area contributed by atoms with Crippen molar-refractivity contribution in [2.24, 2.45) is 5.73 Å². The van der Waals surface area contributed by atoms with Crippen LogP contribution in [0, 0.1) is 11.8 Å². The van der Waals surface area contributed by atoms with Gasteiger partial charge in [-0.15, -0.1) is 5.92 Å². The average molecular weight is 314 g/mol. The van der Waals surface area contributed by atoms with Gasteiger partial charge < -0.3 is 15.8 Å². The van der Waals surface area contributed by atoms with Gasteiger partial charge in [-0.2, -0.15) is 0 Å². The molecule has 0 saturated heterocycles. The molecule has 2 unspecified atom stereocenters. The first-order valence-electron chi connectivity index (χ1n) is 8.43. The predicted octanol–water partition coefficient (Wildman–Crippen LogP) is 2.03. The lowest BCUT2D eigenvalue weighted by molar-refractivity contribution is -0.122. The minimum atomic E-state index is -0.529. The van der Waals surface area contributed by atoms with Crippen LogP contribution in [0.3, 0.4) is 0 Å². The lowest BCUT2D eigenvalue weighted by atomic mass is 10.1. The Kier molecular flexibility index (Phi) is 7.65. The third-order valence-corrected chi connectivity index (χ3v) is 3.89. The second-order valence-corrected chi connectivity index (χ2v) is 5.87. The van der Waals surface area contributed by atoms with Gasteiger partial charge in [0.25, 0.3) is 0 Å². The van der Waals surface area contributed by atoms with E-state index in [2.05, 4.69) is 17.2 Å².